The van der Waals surface area contributed by atoms with Crippen LogP contribution in [0.2, 0.25) is 0 Å². The highest BCUT2D eigenvalue weighted by Crippen LogP contribution is 2.21. The molecule has 0 rings (SSSR count). The minimum absolute atomic E-state index is 0.268. The van der Waals surface area contributed by atoms with Crippen LogP contribution in [-0.2, 0) is 0 Å². The second kappa shape index (κ2) is 7.68. The van der Waals surface area contributed by atoms with Crippen LogP contribution >= 0.6 is 0 Å². The highest BCUT2D eigenvalue weighted by atomic mass is 15.3. The summed E-state index contributed by atoms with van der Waals surface area (Å²) in [6.07, 6.45) is 5.18. The van der Waals surface area contributed by atoms with Gasteiger partial charge in [-0.15, -0.1) is 6.58 Å². The summed E-state index contributed by atoms with van der Waals surface area (Å²) >= 11 is 0. The van der Waals surface area contributed by atoms with Gasteiger partial charge in [0.2, 0.25) is 0 Å². The molecule has 2 unspecified atom stereocenters. The van der Waals surface area contributed by atoms with Gasteiger partial charge < -0.3 is 11.2 Å². The second-order valence-corrected chi connectivity index (χ2v) is 3.60. The van der Waals surface area contributed by atoms with Crippen LogP contribution in [0.3, 0.4) is 0 Å². The number of hydrogen-bond acceptors (Lipinski definition) is 4. The highest BCUT2D eigenvalue weighted by Gasteiger charge is 2.17. The topological polar surface area (TPSA) is 62.8 Å². The van der Waals surface area contributed by atoms with E-state index >= 15 is 0 Å². The molecule has 90 valence electrons. The van der Waals surface area contributed by atoms with Crippen LogP contribution < -0.4 is 11.2 Å². The van der Waals surface area contributed by atoms with Crippen molar-refractivity contribution in [3.63, 3.8) is 0 Å². The molecule has 2 atom stereocenters. The molecule has 0 fully saturated rings. The molecule has 0 saturated heterocycles. The van der Waals surface area contributed by atoms with Crippen molar-refractivity contribution in [2.75, 3.05) is 14.1 Å². The summed E-state index contributed by atoms with van der Waals surface area (Å²) in [6.45, 7) is 7.99. The van der Waals surface area contributed by atoms with E-state index < -0.39 is 0 Å². The fourth-order valence-electron chi connectivity index (χ4n) is 1.34. The summed E-state index contributed by atoms with van der Waals surface area (Å²) in [7, 11) is 3.47. The van der Waals surface area contributed by atoms with Crippen LogP contribution in [0.25, 0.3) is 0 Å². The molecule has 0 aromatic rings. The quantitative estimate of drug-likeness (QED) is 0.407. The van der Waals surface area contributed by atoms with E-state index in [1.165, 1.54) is 0 Å². The zero-order chi connectivity index (χ0) is 12.6. The molecule has 3 N–H and O–H groups in total. The first-order valence-electron chi connectivity index (χ1n) is 5.33. The summed E-state index contributed by atoms with van der Waals surface area (Å²) in [5, 5.41) is 3.95. The van der Waals surface area contributed by atoms with E-state index in [9.17, 15) is 0 Å². The Morgan fingerprint density at radius 3 is 2.44 bits per heavy atom. The molecule has 0 radical (unpaired) electrons. The fraction of sp³-hybridized carbons (Fsp3) is 0.500. The van der Waals surface area contributed by atoms with Crippen LogP contribution in [0, 0.1) is 11.8 Å². The number of aliphatic imine (C=N–C) groups is 1. The molecule has 0 aliphatic rings. The third-order valence-corrected chi connectivity index (χ3v) is 2.68. The first-order valence-corrected chi connectivity index (χ1v) is 5.33. The molecular formula is C12H22N4. The number of nitrogens with two attached hydrogens (primary N) is 1. The molecule has 4 nitrogen and oxygen atoms in total. The summed E-state index contributed by atoms with van der Waals surface area (Å²) in [5.41, 5.74) is 10.1. The Labute approximate surface area is 98.0 Å². The number of allylic oxidation sites excluding steroid dienone is 2. The first kappa shape index (κ1) is 14.4. The smallest absolute Gasteiger partial charge is 0.0820 e. The largest absolute Gasteiger partial charge is 0.404 e. The minimum Gasteiger partial charge on any atom is -0.404 e. The number of nitrogens with one attached hydrogen (secondary N) is 1. The predicted octanol–water partition coefficient (Wildman–Crippen LogP) is 1.56. The SMILES string of the molecule is C=CC(C)C(C)/C(=C\N)C(/C=N\NC)=NC. The summed E-state index contributed by atoms with van der Waals surface area (Å²) < 4.78 is 0. The van der Waals surface area contributed by atoms with E-state index in [1.54, 1.807) is 26.5 Å². The van der Waals surface area contributed by atoms with Crippen molar-refractivity contribution in [3.05, 3.63) is 24.4 Å². The zero-order valence-corrected chi connectivity index (χ0v) is 10.6. The molecule has 0 aliphatic carbocycles. The van der Waals surface area contributed by atoms with Crippen molar-refractivity contribution in [1.29, 1.82) is 0 Å². The summed E-state index contributed by atoms with van der Waals surface area (Å²) in [6, 6.07) is 0. The van der Waals surface area contributed by atoms with Crippen LogP contribution in [-0.4, -0.2) is 26.0 Å². The van der Waals surface area contributed by atoms with Gasteiger partial charge in [-0.05, 0) is 23.6 Å². The Balaban J connectivity index is 4.98. The van der Waals surface area contributed by atoms with Crippen molar-refractivity contribution < 1.29 is 0 Å². The van der Waals surface area contributed by atoms with E-state index in [-0.39, 0.29) is 5.92 Å². The van der Waals surface area contributed by atoms with Crippen LogP contribution in [0.5, 0.6) is 0 Å². The number of rotatable bonds is 6. The Hall–Kier alpha value is -1.58. The third-order valence-electron chi connectivity index (χ3n) is 2.68. The highest BCUT2D eigenvalue weighted by molar-refractivity contribution is 6.38. The molecular weight excluding hydrogens is 200 g/mol. The number of nitrogens with zero attached hydrogens (tertiary/aromatic N) is 2. The molecule has 0 amide bonds. The van der Waals surface area contributed by atoms with Gasteiger partial charge in [0.05, 0.1) is 11.9 Å². The Morgan fingerprint density at radius 1 is 1.44 bits per heavy atom. The average molecular weight is 222 g/mol. The molecule has 0 saturated carbocycles. The monoisotopic (exact) mass is 222 g/mol. The molecule has 0 bridgehead atoms. The molecule has 0 heterocycles. The van der Waals surface area contributed by atoms with Crippen molar-refractivity contribution in [2.45, 2.75) is 13.8 Å². The maximum atomic E-state index is 5.66. The van der Waals surface area contributed by atoms with Gasteiger partial charge in [0.1, 0.15) is 0 Å². The van der Waals surface area contributed by atoms with E-state index in [0.717, 1.165) is 11.3 Å². The van der Waals surface area contributed by atoms with Crippen LogP contribution in [0.15, 0.2) is 34.5 Å². The van der Waals surface area contributed by atoms with Crippen molar-refractivity contribution in [2.24, 2.45) is 27.7 Å². The lowest BCUT2D eigenvalue weighted by atomic mass is 9.87. The van der Waals surface area contributed by atoms with Crippen LogP contribution in [0.4, 0.5) is 0 Å². The van der Waals surface area contributed by atoms with Gasteiger partial charge in [0.15, 0.2) is 0 Å². The maximum absolute atomic E-state index is 5.66. The Kier molecular flexibility index (Phi) is 6.92. The molecule has 16 heavy (non-hydrogen) atoms. The lowest BCUT2D eigenvalue weighted by Gasteiger charge is -2.19. The lowest BCUT2D eigenvalue weighted by Crippen LogP contribution is -2.19. The standard InChI is InChI=1S/C12H22N4/c1-6-9(2)10(3)11(7-13)12(14-4)8-16-15-5/h6-10,15H,1,13H2,2-5H3/b11-7+,14-12?,16-8-. The Bertz CT molecular complexity index is 302. The predicted molar refractivity (Wildman–Crippen MR) is 71.7 cm³/mol. The maximum Gasteiger partial charge on any atom is 0.0820 e. The van der Waals surface area contributed by atoms with E-state index in [2.05, 4.69) is 35.9 Å². The summed E-state index contributed by atoms with van der Waals surface area (Å²) in [4.78, 5) is 4.18. The second-order valence-electron chi connectivity index (χ2n) is 3.60. The molecule has 0 aromatic carbocycles. The van der Waals surface area contributed by atoms with Gasteiger partial charge in [0.25, 0.3) is 0 Å². The van der Waals surface area contributed by atoms with E-state index in [4.69, 9.17) is 5.73 Å². The zero-order valence-electron chi connectivity index (χ0n) is 10.6. The van der Waals surface area contributed by atoms with Crippen molar-refractivity contribution in [1.82, 2.24) is 5.43 Å². The average Bonchev–Trinajstić information content (AvgIpc) is 2.32. The van der Waals surface area contributed by atoms with Crippen molar-refractivity contribution in [3.8, 4) is 0 Å². The van der Waals surface area contributed by atoms with Crippen LogP contribution in [0.1, 0.15) is 13.8 Å². The molecule has 4 heteroatoms. The normalized spacial score (nSPS) is 17.2. The Morgan fingerprint density at radius 2 is 2.06 bits per heavy atom. The summed E-state index contributed by atoms with van der Waals surface area (Å²) in [5.74, 6) is 0.610. The number of hydrogen-bond donors (Lipinski definition) is 2. The van der Waals surface area contributed by atoms with Gasteiger partial charge >= 0.3 is 0 Å². The van der Waals surface area contributed by atoms with Gasteiger partial charge in [-0.25, -0.2) is 0 Å². The van der Waals surface area contributed by atoms with Gasteiger partial charge in [-0.3, -0.25) is 4.99 Å². The fourth-order valence-corrected chi connectivity index (χ4v) is 1.34. The number of hydrazone groups is 1. The van der Waals surface area contributed by atoms with Gasteiger partial charge in [0, 0.05) is 14.1 Å². The first-order chi connectivity index (χ1) is 7.62. The molecule has 0 aliphatic heterocycles. The third kappa shape index (κ3) is 3.88. The molecule has 0 aromatic heterocycles. The van der Waals surface area contributed by atoms with Gasteiger partial charge in [-0.2, -0.15) is 5.10 Å². The van der Waals surface area contributed by atoms with Crippen molar-refractivity contribution >= 4 is 11.9 Å². The van der Waals surface area contributed by atoms with Gasteiger partial charge in [-0.1, -0.05) is 19.9 Å². The molecule has 0 spiro atoms. The lowest BCUT2D eigenvalue weighted by molar-refractivity contribution is 0.545. The minimum atomic E-state index is 0.268. The van der Waals surface area contributed by atoms with E-state index in [1.807, 2.05) is 6.08 Å². The van der Waals surface area contributed by atoms with E-state index in [0.29, 0.717) is 5.92 Å².